The van der Waals surface area contributed by atoms with Gasteiger partial charge in [-0.1, -0.05) is 25.5 Å². The van der Waals surface area contributed by atoms with Gasteiger partial charge in [0.1, 0.15) is 5.82 Å². The molecule has 0 amide bonds. The molecule has 2 nitrogen and oxygen atoms in total. The number of allylic oxidation sites excluding steroid dienone is 1. The molecule has 0 radical (unpaired) electrons. The third-order valence-electron chi connectivity index (χ3n) is 6.91. The highest BCUT2D eigenvalue weighted by Gasteiger charge is 2.45. The van der Waals surface area contributed by atoms with Crippen LogP contribution in [0.25, 0.3) is 17.3 Å². The molecule has 0 bridgehead atoms. The molecule has 1 aliphatic carbocycles. The first kappa shape index (κ1) is 17.9. The highest BCUT2D eigenvalue weighted by molar-refractivity contribution is 7.10. The first-order chi connectivity index (χ1) is 13.6. The topological polar surface area (TPSA) is 17.8 Å². The second-order valence-corrected chi connectivity index (χ2v) is 9.48. The maximum atomic E-state index is 13.3. The molecule has 3 aromatic rings. The number of nitrogens with zero attached hydrogens (tertiary/aromatic N) is 2. The van der Waals surface area contributed by atoms with E-state index in [-0.39, 0.29) is 11.2 Å². The van der Waals surface area contributed by atoms with Crippen molar-refractivity contribution in [3.63, 3.8) is 0 Å². The molecular weight excluding hydrogens is 367 g/mol. The van der Waals surface area contributed by atoms with Crippen LogP contribution in [0.2, 0.25) is 0 Å². The zero-order valence-electron chi connectivity index (χ0n) is 16.4. The zero-order valence-corrected chi connectivity index (χ0v) is 17.2. The highest BCUT2D eigenvalue weighted by Crippen LogP contribution is 2.54. The summed E-state index contributed by atoms with van der Waals surface area (Å²) in [4.78, 5) is 6.20. The van der Waals surface area contributed by atoms with Crippen molar-refractivity contribution < 1.29 is 4.39 Å². The Hall–Kier alpha value is -2.20. The van der Waals surface area contributed by atoms with Gasteiger partial charge in [-0.3, -0.25) is 0 Å². The minimum Gasteiger partial charge on any atom is -0.330 e. The lowest BCUT2D eigenvalue weighted by molar-refractivity contribution is 0.131. The minimum absolute atomic E-state index is 0.162. The molecule has 1 aliphatic heterocycles. The Morgan fingerprint density at radius 2 is 2.07 bits per heavy atom. The zero-order chi connectivity index (χ0) is 19.3. The summed E-state index contributed by atoms with van der Waals surface area (Å²) in [5.74, 6) is 0.992. The van der Waals surface area contributed by atoms with E-state index in [0.717, 1.165) is 24.2 Å². The van der Waals surface area contributed by atoms with E-state index in [1.54, 1.807) is 5.57 Å². The molecule has 2 aliphatic rings. The van der Waals surface area contributed by atoms with Gasteiger partial charge in [-0.2, -0.15) is 0 Å². The standard InChI is InChI=1S/C24H25FN2S/c1-16(22-7-4-12-28-22)20-6-3-5-18-13-21-23(17-8-10-19(25)11-9-17)26-15-27(21)14-24(18,20)2/h4,7-13,15-16,20H,3,5-6,14H2,1-2H3/t16?,20-,24+/m1/s1. The third-order valence-corrected chi connectivity index (χ3v) is 7.99. The molecule has 1 saturated carbocycles. The second kappa shape index (κ2) is 6.70. The summed E-state index contributed by atoms with van der Waals surface area (Å²) in [7, 11) is 0. The maximum Gasteiger partial charge on any atom is 0.123 e. The molecule has 5 rings (SSSR count). The Morgan fingerprint density at radius 1 is 1.25 bits per heavy atom. The van der Waals surface area contributed by atoms with Gasteiger partial charge in [-0.05, 0) is 72.9 Å². The van der Waals surface area contributed by atoms with Gasteiger partial charge in [-0.25, -0.2) is 9.37 Å². The summed E-state index contributed by atoms with van der Waals surface area (Å²) < 4.78 is 15.6. The fourth-order valence-corrected chi connectivity index (χ4v) is 6.23. The van der Waals surface area contributed by atoms with E-state index in [1.165, 1.54) is 35.5 Å². The lowest BCUT2D eigenvalue weighted by atomic mass is 9.59. The lowest BCUT2D eigenvalue weighted by Crippen LogP contribution is -2.41. The van der Waals surface area contributed by atoms with Crippen LogP contribution in [0.1, 0.15) is 49.6 Å². The van der Waals surface area contributed by atoms with E-state index < -0.39 is 0 Å². The first-order valence-electron chi connectivity index (χ1n) is 10.1. The molecule has 28 heavy (non-hydrogen) atoms. The molecule has 1 aromatic carbocycles. The fourth-order valence-electron chi connectivity index (χ4n) is 5.38. The number of hydrogen-bond donors (Lipinski definition) is 0. The van der Waals surface area contributed by atoms with Crippen molar-refractivity contribution in [1.29, 1.82) is 0 Å². The molecule has 3 heterocycles. The molecule has 0 spiro atoms. The van der Waals surface area contributed by atoms with E-state index in [4.69, 9.17) is 4.98 Å². The molecular formula is C24H25FN2S. The van der Waals surface area contributed by atoms with Crippen LogP contribution in [-0.2, 0) is 6.54 Å². The normalized spacial score (nSPS) is 25.0. The van der Waals surface area contributed by atoms with Gasteiger partial charge in [0.15, 0.2) is 0 Å². The number of halogens is 1. The summed E-state index contributed by atoms with van der Waals surface area (Å²) in [5, 5.41) is 2.19. The van der Waals surface area contributed by atoms with Gasteiger partial charge in [0.2, 0.25) is 0 Å². The smallest absolute Gasteiger partial charge is 0.123 e. The average molecular weight is 393 g/mol. The van der Waals surface area contributed by atoms with Crippen molar-refractivity contribution in [1.82, 2.24) is 9.55 Å². The fraction of sp³-hybridized carbons (Fsp3) is 0.375. The molecule has 0 N–H and O–H groups in total. The van der Waals surface area contributed by atoms with Crippen LogP contribution in [0.5, 0.6) is 0 Å². The number of fused-ring (bicyclic) bond motifs is 2. The van der Waals surface area contributed by atoms with Crippen molar-refractivity contribution in [2.24, 2.45) is 11.3 Å². The summed E-state index contributed by atoms with van der Waals surface area (Å²) in [6.07, 6.45) is 8.04. The van der Waals surface area contributed by atoms with Gasteiger partial charge < -0.3 is 4.57 Å². The Bertz CT molecular complexity index is 1020. The van der Waals surface area contributed by atoms with Crippen LogP contribution in [0, 0.1) is 17.2 Å². The summed E-state index contributed by atoms with van der Waals surface area (Å²) in [5.41, 5.74) is 4.83. The van der Waals surface area contributed by atoms with Crippen molar-refractivity contribution in [2.75, 3.05) is 0 Å². The van der Waals surface area contributed by atoms with Crippen LogP contribution in [-0.4, -0.2) is 9.55 Å². The van der Waals surface area contributed by atoms with Crippen LogP contribution < -0.4 is 0 Å². The van der Waals surface area contributed by atoms with Crippen molar-refractivity contribution in [2.45, 2.75) is 45.6 Å². The Morgan fingerprint density at radius 3 is 2.82 bits per heavy atom. The Labute approximate surface area is 169 Å². The van der Waals surface area contributed by atoms with Crippen molar-refractivity contribution >= 4 is 17.4 Å². The van der Waals surface area contributed by atoms with E-state index >= 15 is 0 Å². The van der Waals surface area contributed by atoms with Gasteiger partial charge in [-0.15, -0.1) is 11.3 Å². The van der Waals surface area contributed by atoms with Crippen LogP contribution in [0.15, 0.2) is 53.7 Å². The monoisotopic (exact) mass is 392 g/mol. The predicted octanol–water partition coefficient (Wildman–Crippen LogP) is 6.76. The Balaban J connectivity index is 1.54. The third kappa shape index (κ3) is 2.77. The van der Waals surface area contributed by atoms with Crippen LogP contribution in [0.4, 0.5) is 4.39 Å². The van der Waals surface area contributed by atoms with E-state index in [2.05, 4.69) is 42.0 Å². The molecule has 1 fully saturated rings. The molecule has 4 heteroatoms. The highest BCUT2D eigenvalue weighted by atomic mass is 32.1. The van der Waals surface area contributed by atoms with Gasteiger partial charge >= 0.3 is 0 Å². The van der Waals surface area contributed by atoms with Crippen LogP contribution in [0.3, 0.4) is 0 Å². The van der Waals surface area contributed by atoms with Crippen molar-refractivity contribution in [3.8, 4) is 11.3 Å². The van der Waals surface area contributed by atoms with Gasteiger partial charge in [0.05, 0.1) is 17.7 Å². The SMILES string of the molecule is CC(c1cccs1)[C@H]1CCCC2=Cc3c(-c4ccc(F)cc4)ncn3C[C@@]21C. The number of benzene rings is 1. The lowest BCUT2D eigenvalue weighted by Gasteiger charge is -2.48. The summed E-state index contributed by atoms with van der Waals surface area (Å²) >= 11 is 1.88. The summed E-state index contributed by atoms with van der Waals surface area (Å²) in [6, 6.07) is 11.1. The van der Waals surface area contributed by atoms with E-state index in [9.17, 15) is 4.39 Å². The van der Waals surface area contributed by atoms with Gasteiger partial charge in [0.25, 0.3) is 0 Å². The van der Waals surface area contributed by atoms with E-state index in [0.29, 0.717) is 11.8 Å². The quantitative estimate of drug-likeness (QED) is 0.481. The van der Waals surface area contributed by atoms with Crippen LogP contribution >= 0.6 is 11.3 Å². The number of imidazole rings is 1. The molecule has 1 unspecified atom stereocenters. The molecule has 3 atom stereocenters. The number of aromatic nitrogens is 2. The second-order valence-electron chi connectivity index (χ2n) is 8.50. The van der Waals surface area contributed by atoms with Gasteiger partial charge in [0, 0.05) is 22.4 Å². The summed E-state index contributed by atoms with van der Waals surface area (Å²) in [6.45, 7) is 5.83. The first-order valence-corrected chi connectivity index (χ1v) is 11.0. The van der Waals surface area contributed by atoms with Crippen molar-refractivity contribution in [3.05, 3.63) is 70.1 Å². The predicted molar refractivity (Wildman–Crippen MR) is 114 cm³/mol. The average Bonchev–Trinajstić information content (AvgIpc) is 3.35. The molecule has 144 valence electrons. The molecule has 2 aromatic heterocycles. The maximum absolute atomic E-state index is 13.3. The number of thiophene rings is 1. The number of rotatable bonds is 3. The Kier molecular flexibility index (Phi) is 4.27. The number of hydrogen-bond acceptors (Lipinski definition) is 2. The minimum atomic E-state index is -0.208. The largest absolute Gasteiger partial charge is 0.330 e. The van der Waals surface area contributed by atoms with E-state index in [1.807, 2.05) is 29.8 Å². The molecule has 0 saturated heterocycles.